The van der Waals surface area contributed by atoms with Crippen LogP contribution in [0.4, 0.5) is 0 Å². The minimum absolute atomic E-state index is 0.833. The zero-order chi connectivity index (χ0) is 15.2. The van der Waals surface area contributed by atoms with E-state index in [1.807, 2.05) is 0 Å². The van der Waals surface area contributed by atoms with Crippen LogP contribution in [0.15, 0.2) is 0 Å². The van der Waals surface area contributed by atoms with Crippen molar-refractivity contribution in [1.29, 1.82) is 10.5 Å². The van der Waals surface area contributed by atoms with E-state index in [9.17, 15) is 0 Å². The molecule has 2 N–H and O–H groups in total. The first-order valence-corrected chi connectivity index (χ1v) is 4.91. The zero-order valence-corrected chi connectivity index (χ0v) is 11.0. The average Bonchev–Trinajstić information content (AvgIpc) is 2.26. The summed E-state index contributed by atoms with van der Waals surface area (Å²) in [5.74, 6) is -3.38. The number of nitrogens with two attached hydrogens (primary N) is 1. The Balaban J connectivity index is -0.000000197. The summed E-state index contributed by atoms with van der Waals surface area (Å²) >= 11 is 0. The topological polar surface area (TPSA) is 144 Å². The van der Waals surface area contributed by atoms with Crippen molar-refractivity contribution in [2.24, 2.45) is 0 Å². The van der Waals surface area contributed by atoms with E-state index in [0.717, 1.165) is 16.6 Å². The molecule has 0 heterocycles. The molecule has 0 bridgehead atoms. The summed E-state index contributed by atoms with van der Waals surface area (Å²) in [7, 11) is 8.74. The maximum atomic E-state index is 8.90. The molecular weight excluding hydrogens is 240 g/mol. The lowest BCUT2D eigenvalue weighted by atomic mass is 10.5. The highest BCUT2D eigenvalue weighted by atomic mass is 16.4. The number of carbonyl (C=O) groups is 2. The molecule has 0 radical (unpaired) electrons. The van der Waals surface area contributed by atoms with Crippen LogP contribution in [0.2, 0.25) is 0 Å². The Morgan fingerprint density at radius 2 is 1.39 bits per heavy atom. The lowest BCUT2D eigenvalue weighted by molar-refractivity contribution is -0.883. The molecule has 0 fully saturated rings. The van der Waals surface area contributed by atoms with E-state index < -0.39 is 11.9 Å². The van der Waals surface area contributed by atoms with Gasteiger partial charge in [-0.05, 0) is 0 Å². The Labute approximate surface area is 106 Å². The summed E-state index contributed by atoms with van der Waals surface area (Å²) < 4.78 is 1.07. The molecule has 8 nitrogen and oxygen atoms in total. The van der Waals surface area contributed by atoms with E-state index in [2.05, 4.69) is 33.5 Å². The van der Waals surface area contributed by atoms with Crippen LogP contribution < -0.4 is 15.5 Å². The maximum Gasteiger partial charge on any atom is 0.145 e. The third-order valence-electron chi connectivity index (χ3n) is 1.27. The molecule has 18 heavy (non-hydrogen) atoms. The molecule has 0 aliphatic heterocycles. The molecule has 0 saturated carbocycles. The number of likely N-dealkylation sites (N-methyl/N-ethyl adjacent to an activating group) is 2. The molecule has 0 aliphatic rings. The van der Waals surface area contributed by atoms with Gasteiger partial charge in [-0.1, -0.05) is 0 Å². The number of quaternary nitrogens is 2. The summed E-state index contributed by atoms with van der Waals surface area (Å²) in [4.78, 5) is 17.8. The van der Waals surface area contributed by atoms with E-state index in [1.165, 1.54) is 13.1 Å². The highest BCUT2D eigenvalue weighted by molar-refractivity contribution is 5.81. The van der Waals surface area contributed by atoms with E-state index in [1.54, 1.807) is 0 Å². The van der Waals surface area contributed by atoms with Crippen LogP contribution in [0, 0.1) is 22.7 Å². The van der Waals surface area contributed by atoms with E-state index in [0.29, 0.717) is 0 Å². The number of carboxylic acids is 2. The molecule has 0 spiro atoms. The highest BCUT2D eigenvalue weighted by Crippen LogP contribution is 1.83. The molecule has 0 saturated heterocycles. The van der Waals surface area contributed by atoms with Gasteiger partial charge in [-0.3, -0.25) is 0 Å². The van der Waals surface area contributed by atoms with Gasteiger partial charge in [-0.25, -0.2) is 0 Å². The van der Waals surface area contributed by atoms with E-state index in [4.69, 9.17) is 30.3 Å². The van der Waals surface area contributed by atoms with Crippen molar-refractivity contribution in [3.05, 3.63) is 0 Å². The fourth-order valence-electron chi connectivity index (χ4n) is 0.516. The SMILES string of the molecule is C[NH2+]CC[N+](C)(C)C.N#CC(=O)[O-].N#CC(=O)[O-]. The van der Waals surface area contributed by atoms with Gasteiger partial charge in [-0.2, -0.15) is 10.5 Å². The number of carbonyl (C=O) groups excluding carboxylic acids is 2. The predicted octanol–water partition coefficient (Wildman–Crippen LogP) is -4.59. The summed E-state index contributed by atoms with van der Waals surface area (Å²) in [6, 6.07) is 1.67. The Bertz CT molecular complexity index is 298. The second-order valence-electron chi connectivity index (χ2n) is 4.01. The minimum atomic E-state index is -1.69. The Hall–Kier alpha value is -2.16. The molecule has 0 aromatic heterocycles. The fourth-order valence-corrected chi connectivity index (χ4v) is 0.516. The van der Waals surface area contributed by atoms with Gasteiger partial charge in [0.25, 0.3) is 0 Å². The summed E-state index contributed by atoms with van der Waals surface area (Å²) in [6.07, 6.45) is 0. The first kappa shape index (κ1) is 21.2. The molecule has 0 atom stereocenters. The molecule has 8 heteroatoms. The van der Waals surface area contributed by atoms with Crippen LogP contribution in [-0.4, -0.2) is 57.7 Å². The standard InChI is InChI=1S/C6H17N2.2C2HNO2/c1-7-5-6-8(2,3)4;2*3-1-2(4)5/h7H,5-6H2,1-4H3;2*(H,4,5)/q+1;;/p-1. The van der Waals surface area contributed by atoms with Gasteiger partial charge < -0.3 is 29.6 Å². The van der Waals surface area contributed by atoms with Crippen molar-refractivity contribution >= 4 is 11.9 Å². The van der Waals surface area contributed by atoms with E-state index >= 15 is 0 Å². The van der Waals surface area contributed by atoms with Gasteiger partial charge in [-0.15, -0.1) is 0 Å². The lowest BCUT2D eigenvalue weighted by Crippen LogP contribution is -2.81. The normalized spacial score (nSPS) is 8.33. The summed E-state index contributed by atoms with van der Waals surface area (Å²) in [5, 5.41) is 34.5. The smallest absolute Gasteiger partial charge is 0.145 e. The van der Waals surface area contributed by atoms with Gasteiger partial charge in [0, 0.05) is 0 Å². The fraction of sp³-hybridized carbons (Fsp3) is 0.600. The van der Waals surface area contributed by atoms with Gasteiger partial charge in [0.05, 0.1) is 28.2 Å². The van der Waals surface area contributed by atoms with Crippen LogP contribution in [-0.2, 0) is 9.59 Å². The van der Waals surface area contributed by atoms with Crippen molar-refractivity contribution in [1.82, 2.24) is 0 Å². The number of hydrogen-bond donors (Lipinski definition) is 1. The monoisotopic (exact) mass is 258 g/mol. The second-order valence-corrected chi connectivity index (χ2v) is 4.01. The van der Waals surface area contributed by atoms with Gasteiger partial charge in [0.1, 0.15) is 37.2 Å². The highest BCUT2D eigenvalue weighted by Gasteiger charge is 2.04. The summed E-state index contributed by atoms with van der Waals surface area (Å²) in [5.41, 5.74) is 0. The molecule has 0 aromatic carbocycles. The van der Waals surface area contributed by atoms with Gasteiger partial charge in [0.2, 0.25) is 0 Å². The van der Waals surface area contributed by atoms with Crippen molar-refractivity contribution in [2.75, 3.05) is 41.3 Å². The number of hydrogen-bond acceptors (Lipinski definition) is 6. The number of rotatable bonds is 3. The number of aliphatic carboxylic acids is 2. The van der Waals surface area contributed by atoms with Crippen LogP contribution >= 0.6 is 0 Å². The maximum absolute atomic E-state index is 8.90. The Kier molecular flexibility index (Phi) is 15.2. The zero-order valence-electron chi connectivity index (χ0n) is 11.0. The molecular formula is C10H18N4O4. The Morgan fingerprint density at radius 3 is 1.44 bits per heavy atom. The Morgan fingerprint density at radius 1 is 1.11 bits per heavy atom. The number of carboxylic acid groups (broad SMARTS) is 2. The number of nitrogens with zero attached hydrogens (tertiary/aromatic N) is 3. The molecule has 0 amide bonds. The largest absolute Gasteiger partial charge is 0.535 e. The first-order chi connectivity index (χ1) is 8.10. The van der Waals surface area contributed by atoms with Gasteiger partial charge >= 0.3 is 0 Å². The van der Waals surface area contributed by atoms with Crippen molar-refractivity contribution < 1.29 is 29.6 Å². The third kappa shape index (κ3) is 48.8. The van der Waals surface area contributed by atoms with Crippen LogP contribution in [0.3, 0.4) is 0 Å². The minimum Gasteiger partial charge on any atom is -0.535 e. The molecule has 0 rings (SSSR count). The average molecular weight is 258 g/mol. The van der Waals surface area contributed by atoms with Gasteiger partial charge in [0.15, 0.2) is 0 Å². The van der Waals surface area contributed by atoms with Crippen molar-refractivity contribution in [3.8, 4) is 12.1 Å². The predicted molar refractivity (Wildman–Crippen MR) is 56.9 cm³/mol. The van der Waals surface area contributed by atoms with Crippen molar-refractivity contribution in [2.45, 2.75) is 0 Å². The lowest BCUT2D eigenvalue weighted by Gasteiger charge is -2.21. The molecule has 0 aliphatic carbocycles. The van der Waals surface area contributed by atoms with Crippen molar-refractivity contribution in [3.63, 3.8) is 0 Å². The van der Waals surface area contributed by atoms with Crippen LogP contribution in [0.25, 0.3) is 0 Å². The van der Waals surface area contributed by atoms with Crippen LogP contribution in [0.1, 0.15) is 0 Å². The van der Waals surface area contributed by atoms with Crippen LogP contribution in [0.5, 0.6) is 0 Å². The quantitative estimate of drug-likeness (QED) is 0.398. The van der Waals surface area contributed by atoms with E-state index in [-0.39, 0.29) is 0 Å². The number of nitriles is 2. The molecule has 0 aromatic rings. The third-order valence-corrected chi connectivity index (χ3v) is 1.27. The molecule has 0 unspecified atom stereocenters. The second kappa shape index (κ2) is 12.9. The first-order valence-electron chi connectivity index (χ1n) is 4.91. The molecule has 102 valence electrons. The summed E-state index contributed by atoms with van der Waals surface area (Å²) in [6.45, 7) is 2.47.